The molecule has 2 unspecified atom stereocenters. The highest BCUT2D eigenvalue weighted by atomic mass is 35.5. The summed E-state index contributed by atoms with van der Waals surface area (Å²) in [6.45, 7) is 5.18. The molecule has 3 aromatic rings. The second-order valence-corrected chi connectivity index (χ2v) is 13.6. The highest BCUT2D eigenvalue weighted by molar-refractivity contribution is 6.35. The lowest BCUT2D eigenvalue weighted by Gasteiger charge is -2.20. The van der Waals surface area contributed by atoms with Crippen LogP contribution in [0.5, 0.6) is 11.5 Å². The minimum atomic E-state index is -0.115. The molecule has 0 spiro atoms. The van der Waals surface area contributed by atoms with Crippen LogP contribution >= 0.6 is 23.2 Å². The lowest BCUT2D eigenvalue weighted by atomic mass is 9.87. The SMILES string of the molecule is CC1CCCCCCC(CCCNC(=O)c2ccc(OCC3=Nc4ccccc4CNCC3)c(OCc3ccc(Cl)cc3Cl)c2)C1. The topological polar surface area (TPSA) is 72.0 Å². The molecule has 8 heteroatoms. The van der Waals surface area contributed by atoms with Crippen molar-refractivity contribution in [2.24, 2.45) is 16.8 Å². The summed E-state index contributed by atoms with van der Waals surface area (Å²) in [7, 11) is 0. The number of rotatable bonds is 11. The molecular formula is C38H47Cl2N3O3. The van der Waals surface area contributed by atoms with E-state index in [0.29, 0.717) is 40.3 Å². The number of aliphatic imine (C=N–C) groups is 1. The van der Waals surface area contributed by atoms with Gasteiger partial charge in [-0.25, -0.2) is 0 Å². The number of fused-ring (bicyclic) bond motifs is 1. The number of carbonyl (C=O) groups is 1. The first-order valence-corrected chi connectivity index (χ1v) is 17.7. The summed E-state index contributed by atoms with van der Waals surface area (Å²) >= 11 is 12.5. The maximum absolute atomic E-state index is 13.2. The second kappa shape index (κ2) is 17.7. The van der Waals surface area contributed by atoms with Gasteiger partial charge in [-0.2, -0.15) is 0 Å². The molecule has 1 fully saturated rings. The van der Waals surface area contributed by atoms with Crippen molar-refractivity contribution < 1.29 is 14.3 Å². The molecule has 1 aliphatic carbocycles. The van der Waals surface area contributed by atoms with E-state index in [1.807, 2.05) is 30.3 Å². The van der Waals surface area contributed by atoms with Gasteiger partial charge < -0.3 is 20.1 Å². The number of ether oxygens (including phenoxy) is 2. The Morgan fingerprint density at radius 1 is 0.957 bits per heavy atom. The van der Waals surface area contributed by atoms with Crippen molar-refractivity contribution in [3.05, 3.63) is 87.4 Å². The number of hydrogen-bond donors (Lipinski definition) is 2. The van der Waals surface area contributed by atoms with Crippen LogP contribution in [0.2, 0.25) is 10.0 Å². The van der Waals surface area contributed by atoms with Crippen molar-refractivity contribution in [1.29, 1.82) is 0 Å². The van der Waals surface area contributed by atoms with Crippen LogP contribution in [0.1, 0.15) is 92.6 Å². The lowest BCUT2D eigenvalue weighted by Crippen LogP contribution is -2.25. The fraction of sp³-hybridized carbons (Fsp3) is 0.474. The Morgan fingerprint density at radius 2 is 1.78 bits per heavy atom. The van der Waals surface area contributed by atoms with Gasteiger partial charge in [-0.3, -0.25) is 9.79 Å². The second-order valence-electron chi connectivity index (χ2n) is 12.8. The first kappa shape index (κ1) is 34.3. The molecular weight excluding hydrogens is 617 g/mol. The Hall–Kier alpha value is -3.06. The highest BCUT2D eigenvalue weighted by Gasteiger charge is 2.17. The molecule has 0 radical (unpaired) electrons. The van der Waals surface area contributed by atoms with E-state index in [2.05, 4.69) is 23.6 Å². The van der Waals surface area contributed by atoms with Crippen LogP contribution in [0.4, 0.5) is 5.69 Å². The molecule has 1 heterocycles. The Morgan fingerprint density at radius 3 is 2.65 bits per heavy atom. The molecule has 2 aliphatic rings. The van der Waals surface area contributed by atoms with E-state index in [1.54, 1.807) is 24.3 Å². The predicted molar refractivity (Wildman–Crippen MR) is 189 cm³/mol. The molecule has 0 saturated heterocycles. The van der Waals surface area contributed by atoms with Gasteiger partial charge in [0.2, 0.25) is 0 Å². The average Bonchev–Trinajstić information content (AvgIpc) is 3.14. The third kappa shape index (κ3) is 10.5. The first-order chi connectivity index (χ1) is 22.4. The fourth-order valence-electron chi connectivity index (χ4n) is 6.43. The van der Waals surface area contributed by atoms with Crippen molar-refractivity contribution in [2.75, 3.05) is 19.7 Å². The van der Waals surface area contributed by atoms with Gasteiger partial charge in [-0.1, -0.05) is 92.9 Å². The molecule has 2 N–H and O–H groups in total. The molecule has 6 nitrogen and oxygen atoms in total. The number of carbonyl (C=O) groups excluding carboxylic acids is 1. The van der Waals surface area contributed by atoms with Gasteiger partial charge in [0.25, 0.3) is 5.91 Å². The molecule has 2 atom stereocenters. The van der Waals surface area contributed by atoms with Crippen LogP contribution in [0.25, 0.3) is 0 Å². The summed E-state index contributed by atoms with van der Waals surface area (Å²) < 4.78 is 12.5. The van der Waals surface area contributed by atoms with E-state index >= 15 is 0 Å². The standard InChI is InChI=1S/C38H47Cl2N3O3/c1-27-9-4-2-3-5-10-28(21-27)11-8-19-42-38(44)29-15-17-36(37(22-29)45-25-31-14-16-32(39)23-34(31)40)46-26-33-18-20-41-24-30-12-6-7-13-35(30)43-33/h6-7,12-17,22-23,27-28,41H,2-5,8-11,18-21,24-26H2,1H3,(H,42,44). The van der Waals surface area contributed by atoms with Crippen LogP contribution in [-0.2, 0) is 13.2 Å². The number of para-hydroxylation sites is 1. The van der Waals surface area contributed by atoms with E-state index in [1.165, 1.54) is 44.9 Å². The zero-order valence-corrected chi connectivity index (χ0v) is 28.5. The molecule has 0 bridgehead atoms. The summed E-state index contributed by atoms with van der Waals surface area (Å²) in [4.78, 5) is 18.2. The van der Waals surface area contributed by atoms with Crippen LogP contribution in [0.3, 0.4) is 0 Å². The van der Waals surface area contributed by atoms with Crippen LogP contribution in [0, 0.1) is 11.8 Å². The van der Waals surface area contributed by atoms with Gasteiger partial charge >= 0.3 is 0 Å². The number of nitrogens with zero attached hydrogens (tertiary/aromatic N) is 1. The highest BCUT2D eigenvalue weighted by Crippen LogP contribution is 2.32. The number of benzene rings is 3. The van der Waals surface area contributed by atoms with Crippen LogP contribution in [0.15, 0.2) is 65.7 Å². The van der Waals surface area contributed by atoms with E-state index in [-0.39, 0.29) is 12.5 Å². The molecule has 46 heavy (non-hydrogen) atoms. The Bertz CT molecular complexity index is 1480. The molecule has 1 saturated carbocycles. The molecule has 1 aliphatic heterocycles. The third-order valence-electron chi connectivity index (χ3n) is 9.04. The van der Waals surface area contributed by atoms with Crippen LogP contribution in [-0.4, -0.2) is 31.3 Å². The molecule has 1 amide bonds. The van der Waals surface area contributed by atoms with Crippen molar-refractivity contribution in [2.45, 2.75) is 84.3 Å². The van der Waals surface area contributed by atoms with Gasteiger partial charge in [-0.15, -0.1) is 0 Å². The van der Waals surface area contributed by atoms with Gasteiger partial charge in [0.1, 0.15) is 13.2 Å². The zero-order valence-electron chi connectivity index (χ0n) is 27.0. The summed E-state index contributed by atoms with van der Waals surface area (Å²) in [6, 6.07) is 18.8. The molecule has 0 aromatic heterocycles. The number of hydrogen-bond acceptors (Lipinski definition) is 5. The van der Waals surface area contributed by atoms with Gasteiger partial charge in [-0.05, 0) is 73.1 Å². The molecule has 5 rings (SSSR count). The maximum atomic E-state index is 13.2. The van der Waals surface area contributed by atoms with Crippen molar-refractivity contribution in [3.8, 4) is 11.5 Å². The minimum absolute atomic E-state index is 0.115. The summed E-state index contributed by atoms with van der Waals surface area (Å²) in [6.07, 6.45) is 12.3. The van der Waals surface area contributed by atoms with E-state index < -0.39 is 0 Å². The maximum Gasteiger partial charge on any atom is 0.251 e. The van der Waals surface area contributed by atoms with Crippen molar-refractivity contribution >= 4 is 40.5 Å². The fourth-order valence-corrected chi connectivity index (χ4v) is 6.90. The van der Waals surface area contributed by atoms with Gasteiger partial charge in [0.05, 0.1) is 11.4 Å². The van der Waals surface area contributed by atoms with E-state index in [0.717, 1.165) is 66.7 Å². The van der Waals surface area contributed by atoms with Crippen molar-refractivity contribution in [1.82, 2.24) is 10.6 Å². The normalized spacial score (nSPS) is 18.9. The number of amides is 1. The zero-order chi connectivity index (χ0) is 32.1. The molecule has 246 valence electrons. The Labute approximate surface area is 284 Å². The van der Waals surface area contributed by atoms with Crippen molar-refractivity contribution in [3.63, 3.8) is 0 Å². The average molecular weight is 665 g/mol. The van der Waals surface area contributed by atoms with Crippen LogP contribution < -0.4 is 20.1 Å². The van der Waals surface area contributed by atoms with E-state index in [4.69, 9.17) is 37.7 Å². The summed E-state index contributed by atoms with van der Waals surface area (Å²) in [5.41, 5.74) is 4.37. The minimum Gasteiger partial charge on any atom is -0.485 e. The smallest absolute Gasteiger partial charge is 0.251 e. The molecule has 3 aromatic carbocycles. The Kier molecular flexibility index (Phi) is 13.2. The quantitative estimate of drug-likeness (QED) is 0.200. The monoisotopic (exact) mass is 663 g/mol. The number of halogens is 2. The van der Waals surface area contributed by atoms with E-state index in [9.17, 15) is 4.79 Å². The van der Waals surface area contributed by atoms with Gasteiger partial charge in [0, 0.05) is 47.2 Å². The third-order valence-corrected chi connectivity index (χ3v) is 9.63. The largest absolute Gasteiger partial charge is 0.485 e. The summed E-state index contributed by atoms with van der Waals surface area (Å²) in [5.74, 6) is 2.46. The Balaban J connectivity index is 1.24. The summed E-state index contributed by atoms with van der Waals surface area (Å²) in [5, 5.41) is 7.69. The lowest BCUT2D eigenvalue weighted by molar-refractivity contribution is 0.0951. The predicted octanol–water partition coefficient (Wildman–Crippen LogP) is 9.72. The number of nitrogens with one attached hydrogen (secondary N) is 2. The van der Waals surface area contributed by atoms with Gasteiger partial charge in [0.15, 0.2) is 11.5 Å². The first-order valence-electron chi connectivity index (χ1n) is 16.9.